The van der Waals surface area contributed by atoms with Crippen LogP contribution in [0.4, 0.5) is 0 Å². The molecule has 23 heavy (non-hydrogen) atoms. The molecule has 0 spiro atoms. The van der Waals surface area contributed by atoms with Crippen LogP contribution in [0.25, 0.3) is 11.0 Å². The number of thiophene rings is 1. The number of nitrogens with one attached hydrogen (secondary N) is 2. The average molecular weight is 352 g/mol. The Morgan fingerprint density at radius 1 is 1.17 bits per heavy atom. The van der Waals surface area contributed by atoms with E-state index in [2.05, 4.69) is 25.0 Å². The van der Waals surface area contributed by atoms with Gasteiger partial charge in [-0.05, 0) is 33.9 Å². The summed E-state index contributed by atoms with van der Waals surface area (Å²) in [7, 11) is -3.77. The van der Waals surface area contributed by atoms with Crippen molar-refractivity contribution in [3.8, 4) is 0 Å². The molecule has 120 valence electrons. The van der Waals surface area contributed by atoms with E-state index >= 15 is 0 Å². The maximum Gasteiger partial charge on any atom is 0.261 e. The fraction of sp³-hybridized carbons (Fsp3) is 0.154. The van der Waals surface area contributed by atoms with Crippen molar-refractivity contribution >= 4 is 38.3 Å². The van der Waals surface area contributed by atoms with Crippen LogP contribution in [0.15, 0.2) is 45.2 Å². The third kappa shape index (κ3) is 3.38. The quantitative estimate of drug-likeness (QED) is 0.640. The van der Waals surface area contributed by atoms with Crippen LogP contribution in [0.1, 0.15) is 9.67 Å². The first kappa shape index (κ1) is 15.6. The molecule has 0 unspecified atom stereocenters. The summed E-state index contributed by atoms with van der Waals surface area (Å²) in [5, 5.41) is 11.6. The fourth-order valence-electron chi connectivity index (χ4n) is 1.93. The molecule has 10 heteroatoms. The molecule has 3 rings (SSSR count). The minimum atomic E-state index is -3.77. The Morgan fingerprint density at radius 3 is 2.83 bits per heavy atom. The molecule has 0 aliphatic rings. The second-order valence-electron chi connectivity index (χ2n) is 4.52. The zero-order chi connectivity index (χ0) is 16.3. The topological polar surface area (TPSA) is 114 Å². The van der Waals surface area contributed by atoms with Crippen LogP contribution in [-0.4, -0.2) is 37.7 Å². The first-order valence-corrected chi connectivity index (χ1v) is 8.97. The second kappa shape index (κ2) is 6.44. The molecule has 0 bridgehead atoms. The van der Waals surface area contributed by atoms with E-state index in [1.165, 1.54) is 17.4 Å². The van der Waals surface area contributed by atoms with Gasteiger partial charge in [-0.2, -0.15) is 0 Å². The third-order valence-electron chi connectivity index (χ3n) is 2.99. The molecule has 0 saturated heterocycles. The number of fused-ring (bicyclic) bond motifs is 1. The molecule has 0 aliphatic heterocycles. The maximum atomic E-state index is 12.3. The van der Waals surface area contributed by atoms with Crippen molar-refractivity contribution in [2.75, 3.05) is 13.1 Å². The number of benzene rings is 1. The summed E-state index contributed by atoms with van der Waals surface area (Å²) in [5.74, 6) is -0.234. The van der Waals surface area contributed by atoms with Gasteiger partial charge in [0.25, 0.3) is 5.91 Å². The number of carbonyl (C=O) groups is 1. The number of rotatable bonds is 6. The summed E-state index contributed by atoms with van der Waals surface area (Å²) >= 11 is 1.32. The number of hydrogen-bond acceptors (Lipinski definition) is 7. The molecule has 0 aliphatic carbocycles. The molecule has 0 saturated carbocycles. The Kier molecular flexibility index (Phi) is 4.37. The molecule has 1 aromatic carbocycles. The smallest absolute Gasteiger partial charge is 0.261 e. The van der Waals surface area contributed by atoms with Crippen molar-refractivity contribution in [2.24, 2.45) is 0 Å². The van der Waals surface area contributed by atoms with Gasteiger partial charge in [-0.1, -0.05) is 12.1 Å². The Bertz CT molecular complexity index is 919. The predicted octanol–water partition coefficient (Wildman–Crippen LogP) is 0.993. The van der Waals surface area contributed by atoms with Crippen LogP contribution >= 0.6 is 11.3 Å². The van der Waals surface area contributed by atoms with E-state index in [1.807, 2.05) is 0 Å². The molecule has 2 N–H and O–H groups in total. The molecular formula is C13H12N4O4S2. The van der Waals surface area contributed by atoms with Gasteiger partial charge in [-0.3, -0.25) is 4.79 Å². The Labute approximate surface area is 135 Å². The Hall–Kier alpha value is -2.30. The predicted molar refractivity (Wildman–Crippen MR) is 83.6 cm³/mol. The highest BCUT2D eigenvalue weighted by Crippen LogP contribution is 2.19. The summed E-state index contributed by atoms with van der Waals surface area (Å²) in [6.45, 7) is 0.226. The summed E-state index contributed by atoms with van der Waals surface area (Å²) in [6.07, 6.45) is 0. The van der Waals surface area contributed by atoms with E-state index in [0.29, 0.717) is 10.4 Å². The molecule has 3 aromatic rings. The van der Waals surface area contributed by atoms with Crippen LogP contribution in [0.5, 0.6) is 0 Å². The SMILES string of the molecule is O=C(NCCNS(=O)(=O)c1cccc2nonc12)c1cccs1. The molecule has 2 aromatic heterocycles. The van der Waals surface area contributed by atoms with Gasteiger partial charge in [0.05, 0.1) is 4.88 Å². The number of aromatic nitrogens is 2. The van der Waals surface area contributed by atoms with Gasteiger partial charge in [-0.25, -0.2) is 17.8 Å². The fourth-order valence-corrected chi connectivity index (χ4v) is 3.75. The number of carbonyl (C=O) groups excluding carboxylic acids is 1. The average Bonchev–Trinajstić information content (AvgIpc) is 3.21. The van der Waals surface area contributed by atoms with Crippen molar-refractivity contribution in [3.63, 3.8) is 0 Å². The lowest BCUT2D eigenvalue weighted by Crippen LogP contribution is -2.34. The number of amides is 1. The number of nitrogens with zero attached hydrogens (tertiary/aromatic N) is 2. The largest absolute Gasteiger partial charge is 0.350 e. The van der Waals surface area contributed by atoms with Crippen molar-refractivity contribution in [1.29, 1.82) is 0 Å². The van der Waals surface area contributed by atoms with E-state index in [0.717, 1.165) is 0 Å². The summed E-state index contributed by atoms with van der Waals surface area (Å²) < 4.78 is 31.5. The van der Waals surface area contributed by atoms with E-state index in [4.69, 9.17) is 0 Å². The summed E-state index contributed by atoms with van der Waals surface area (Å²) in [6, 6.07) is 8.04. The van der Waals surface area contributed by atoms with Gasteiger partial charge in [0, 0.05) is 13.1 Å². The normalized spacial score (nSPS) is 11.7. The van der Waals surface area contributed by atoms with Gasteiger partial charge in [0.2, 0.25) is 10.0 Å². The number of sulfonamides is 1. The van der Waals surface area contributed by atoms with E-state index < -0.39 is 10.0 Å². The molecule has 0 fully saturated rings. The van der Waals surface area contributed by atoms with Gasteiger partial charge in [-0.15, -0.1) is 11.3 Å². The lowest BCUT2D eigenvalue weighted by atomic mass is 10.3. The highest BCUT2D eigenvalue weighted by atomic mass is 32.2. The third-order valence-corrected chi connectivity index (χ3v) is 5.35. The lowest BCUT2D eigenvalue weighted by Gasteiger charge is -2.07. The number of hydrogen-bond donors (Lipinski definition) is 2. The van der Waals surface area contributed by atoms with Crippen molar-refractivity contribution in [3.05, 3.63) is 40.6 Å². The minimum absolute atomic E-state index is 0.0131. The van der Waals surface area contributed by atoms with Gasteiger partial charge < -0.3 is 5.32 Å². The van der Waals surface area contributed by atoms with Gasteiger partial charge in [0.1, 0.15) is 10.4 Å². The summed E-state index contributed by atoms with van der Waals surface area (Å²) in [4.78, 5) is 12.3. The molecule has 8 nitrogen and oxygen atoms in total. The monoisotopic (exact) mass is 352 g/mol. The van der Waals surface area contributed by atoms with Crippen LogP contribution in [-0.2, 0) is 10.0 Å². The molecule has 2 heterocycles. The lowest BCUT2D eigenvalue weighted by molar-refractivity contribution is 0.0958. The zero-order valence-corrected chi connectivity index (χ0v) is 13.4. The molecular weight excluding hydrogens is 340 g/mol. The molecule has 1 amide bonds. The van der Waals surface area contributed by atoms with E-state index in [9.17, 15) is 13.2 Å². The molecule has 0 radical (unpaired) electrons. The first-order valence-electron chi connectivity index (χ1n) is 6.60. The zero-order valence-electron chi connectivity index (χ0n) is 11.7. The Morgan fingerprint density at radius 2 is 2.04 bits per heavy atom. The highest BCUT2D eigenvalue weighted by Gasteiger charge is 2.19. The van der Waals surface area contributed by atoms with Gasteiger partial charge >= 0.3 is 0 Å². The van der Waals surface area contributed by atoms with Crippen LogP contribution in [0.3, 0.4) is 0 Å². The highest BCUT2D eigenvalue weighted by molar-refractivity contribution is 7.89. The first-order chi connectivity index (χ1) is 11.1. The minimum Gasteiger partial charge on any atom is -0.350 e. The van der Waals surface area contributed by atoms with Crippen LogP contribution in [0, 0.1) is 0 Å². The van der Waals surface area contributed by atoms with Crippen LogP contribution in [0.2, 0.25) is 0 Å². The van der Waals surface area contributed by atoms with E-state index in [1.54, 1.807) is 29.6 Å². The summed E-state index contributed by atoms with van der Waals surface area (Å²) in [5.41, 5.74) is 0.529. The Balaban J connectivity index is 1.61. The standard InChI is InChI=1S/C13H12N4O4S2/c18-13(10-4-2-8-22-10)14-6-7-15-23(19,20)11-5-1-3-9-12(11)17-21-16-9/h1-5,8,15H,6-7H2,(H,14,18). The molecule has 0 atom stereocenters. The van der Waals surface area contributed by atoms with Crippen molar-refractivity contribution < 1.29 is 17.8 Å². The van der Waals surface area contributed by atoms with Crippen molar-refractivity contribution in [2.45, 2.75) is 4.90 Å². The second-order valence-corrected chi connectivity index (χ2v) is 7.20. The van der Waals surface area contributed by atoms with Crippen LogP contribution < -0.4 is 10.0 Å². The van der Waals surface area contributed by atoms with Crippen molar-refractivity contribution in [1.82, 2.24) is 20.4 Å². The maximum absolute atomic E-state index is 12.3. The van der Waals surface area contributed by atoms with Gasteiger partial charge in [0.15, 0.2) is 5.52 Å². The van der Waals surface area contributed by atoms with E-state index in [-0.39, 0.29) is 29.4 Å².